The first-order valence-corrected chi connectivity index (χ1v) is 6.66. The van der Waals surface area contributed by atoms with E-state index < -0.39 is 17.9 Å². The molecule has 0 unspecified atom stereocenters. The number of nitrogens with zero attached hydrogens (tertiary/aromatic N) is 1. The first kappa shape index (κ1) is 17.2. The van der Waals surface area contributed by atoms with E-state index >= 15 is 0 Å². The summed E-state index contributed by atoms with van der Waals surface area (Å²) in [6.45, 7) is -0.270. The predicted octanol–water partition coefficient (Wildman–Crippen LogP) is 0.378. The summed E-state index contributed by atoms with van der Waals surface area (Å²) < 4.78 is 4.55. The van der Waals surface area contributed by atoms with E-state index in [-0.39, 0.29) is 25.3 Å². The fourth-order valence-electron chi connectivity index (χ4n) is 1.70. The maximum absolute atomic E-state index is 11.8. The maximum Gasteiger partial charge on any atom is 0.328 e. The molecule has 1 rings (SSSR count). The molecule has 2 amide bonds. The van der Waals surface area contributed by atoms with Crippen molar-refractivity contribution in [3.63, 3.8) is 0 Å². The minimum Gasteiger partial charge on any atom is -0.467 e. The number of amides is 2. The van der Waals surface area contributed by atoms with E-state index in [4.69, 9.17) is 5.26 Å². The van der Waals surface area contributed by atoms with Crippen molar-refractivity contribution in [2.75, 3.05) is 13.7 Å². The molecule has 1 aromatic carbocycles. The third-order valence-corrected chi connectivity index (χ3v) is 2.81. The molecule has 0 fully saturated rings. The average Bonchev–Trinajstić information content (AvgIpc) is 2.56. The Kier molecular flexibility index (Phi) is 7.13. The summed E-state index contributed by atoms with van der Waals surface area (Å²) in [5.74, 6) is -1.54. The minimum atomic E-state index is -0.897. The highest BCUT2D eigenvalue weighted by atomic mass is 16.5. The van der Waals surface area contributed by atoms with Crippen LogP contribution in [-0.4, -0.2) is 37.5 Å². The van der Waals surface area contributed by atoms with Gasteiger partial charge in [-0.25, -0.2) is 4.79 Å². The Morgan fingerprint density at radius 1 is 1.27 bits per heavy atom. The van der Waals surface area contributed by atoms with E-state index in [1.54, 1.807) is 30.3 Å². The summed E-state index contributed by atoms with van der Waals surface area (Å²) in [5, 5.41) is 13.4. The second kappa shape index (κ2) is 9.13. The molecule has 0 saturated carbocycles. The molecule has 0 aliphatic heterocycles. The Balaban J connectivity index is 2.48. The van der Waals surface area contributed by atoms with Crippen LogP contribution >= 0.6 is 0 Å². The number of esters is 1. The van der Waals surface area contributed by atoms with Gasteiger partial charge >= 0.3 is 5.97 Å². The van der Waals surface area contributed by atoms with Gasteiger partial charge in [-0.3, -0.25) is 9.59 Å². The largest absolute Gasteiger partial charge is 0.467 e. The number of hydrogen-bond acceptors (Lipinski definition) is 5. The highest BCUT2D eigenvalue weighted by Crippen LogP contribution is 2.00. The monoisotopic (exact) mass is 303 g/mol. The van der Waals surface area contributed by atoms with E-state index in [9.17, 15) is 14.4 Å². The quantitative estimate of drug-likeness (QED) is 0.708. The first-order valence-electron chi connectivity index (χ1n) is 6.66. The fraction of sp³-hybridized carbons (Fsp3) is 0.333. The standard InChI is InChI=1S/C15H17N3O4/c1-22-15(21)12(8-5-9-16)18-13(19)10-17-14(20)11-6-3-2-4-7-11/h2-4,6-7,12H,5,8,10H2,1H3,(H,17,20)(H,18,19)/t12-/m0/s1. The van der Waals surface area contributed by atoms with Crippen molar-refractivity contribution in [1.29, 1.82) is 5.26 Å². The van der Waals surface area contributed by atoms with Crippen LogP contribution in [0.2, 0.25) is 0 Å². The molecule has 0 aromatic heterocycles. The SMILES string of the molecule is COC(=O)[C@H](CCC#N)NC(=O)CNC(=O)c1ccccc1. The van der Waals surface area contributed by atoms with Crippen molar-refractivity contribution in [3.05, 3.63) is 35.9 Å². The van der Waals surface area contributed by atoms with Gasteiger partial charge in [0.05, 0.1) is 19.7 Å². The average molecular weight is 303 g/mol. The van der Waals surface area contributed by atoms with Crippen molar-refractivity contribution in [3.8, 4) is 6.07 Å². The van der Waals surface area contributed by atoms with Crippen LogP contribution in [0.15, 0.2) is 30.3 Å². The zero-order valence-electron chi connectivity index (χ0n) is 12.2. The lowest BCUT2D eigenvalue weighted by Gasteiger charge is -2.15. The summed E-state index contributed by atoms with van der Waals surface area (Å²) >= 11 is 0. The van der Waals surface area contributed by atoms with E-state index in [1.165, 1.54) is 7.11 Å². The van der Waals surface area contributed by atoms with E-state index in [2.05, 4.69) is 15.4 Å². The van der Waals surface area contributed by atoms with Gasteiger partial charge in [-0.05, 0) is 18.6 Å². The van der Waals surface area contributed by atoms with Gasteiger partial charge in [0, 0.05) is 12.0 Å². The second-order valence-electron chi connectivity index (χ2n) is 4.39. The molecule has 0 saturated heterocycles. The van der Waals surface area contributed by atoms with E-state index in [0.717, 1.165) is 0 Å². The number of carbonyl (C=O) groups excluding carboxylic acids is 3. The lowest BCUT2D eigenvalue weighted by molar-refractivity contribution is -0.145. The number of nitriles is 1. The topological polar surface area (TPSA) is 108 Å². The van der Waals surface area contributed by atoms with Crippen LogP contribution < -0.4 is 10.6 Å². The number of ether oxygens (including phenoxy) is 1. The molecule has 1 aromatic rings. The van der Waals surface area contributed by atoms with Crippen molar-refractivity contribution in [2.24, 2.45) is 0 Å². The molecule has 116 valence electrons. The van der Waals surface area contributed by atoms with Gasteiger partial charge in [-0.2, -0.15) is 5.26 Å². The molecule has 0 heterocycles. The molecule has 0 spiro atoms. The fourth-order valence-corrected chi connectivity index (χ4v) is 1.70. The lowest BCUT2D eigenvalue weighted by Crippen LogP contribution is -2.45. The summed E-state index contributed by atoms with van der Waals surface area (Å²) in [5.41, 5.74) is 0.435. The number of carbonyl (C=O) groups is 3. The van der Waals surface area contributed by atoms with Gasteiger partial charge in [0.15, 0.2) is 0 Å². The number of methoxy groups -OCH3 is 1. The Morgan fingerprint density at radius 2 is 1.95 bits per heavy atom. The van der Waals surface area contributed by atoms with Crippen LogP contribution in [0.5, 0.6) is 0 Å². The van der Waals surface area contributed by atoms with Gasteiger partial charge in [-0.15, -0.1) is 0 Å². The van der Waals surface area contributed by atoms with Gasteiger partial charge in [-0.1, -0.05) is 18.2 Å². The summed E-state index contributed by atoms with van der Waals surface area (Å²) in [6.07, 6.45) is 0.262. The van der Waals surface area contributed by atoms with Crippen LogP contribution in [0, 0.1) is 11.3 Å². The number of rotatable bonds is 7. The van der Waals surface area contributed by atoms with Gasteiger partial charge in [0.1, 0.15) is 6.04 Å². The third kappa shape index (κ3) is 5.63. The van der Waals surface area contributed by atoms with Crippen LogP contribution in [0.4, 0.5) is 0 Å². The van der Waals surface area contributed by atoms with Crippen LogP contribution in [0.3, 0.4) is 0 Å². The lowest BCUT2D eigenvalue weighted by atomic mass is 10.1. The van der Waals surface area contributed by atoms with Crippen LogP contribution in [0.1, 0.15) is 23.2 Å². The van der Waals surface area contributed by atoms with Crippen LogP contribution in [-0.2, 0) is 14.3 Å². The zero-order chi connectivity index (χ0) is 16.4. The smallest absolute Gasteiger partial charge is 0.328 e. The maximum atomic E-state index is 11.8. The second-order valence-corrected chi connectivity index (χ2v) is 4.39. The highest BCUT2D eigenvalue weighted by Gasteiger charge is 2.21. The molecule has 0 aliphatic carbocycles. The van der Waals surface area contributed by atoms with Crippen molar-refractivity contribution in [2.45, 2.75) is 18.9 Å². The molecular formula is C15H17N3O4. The molecule has 0 bridgehead atoms. The number of benzene rings is 1. The Bertz CT molecular complexity index is 566. The Hall–Kier alpha value is -2.88. The van der Waals surface area contributed by atoms with E-state index in [1.807, 2.05) is 6.07 Å². The third-order valence-electron chi connectivity index (χ3n) is 2.81. The van der Waals surface area contributed by atoms with Crippen LogP contribution in [0.25, 0.3) is 0 Å². The molecular weight excluding hydrogens is 286 g/mol. The molecule has 2 N–H and O–H groups in total. The summed E-state index contributed by atoms with van der Waals surface area (Å²) in [7, 11) is 1.20. The zero-order valence-corrected chi connectivity index (χ0v) is 12.2. The Morgan fingerprint density at radius 3 is 2.55 bits per heavy atom. The van der Waals surface area contributed by atoms with Crippen molar-refractivity contribution in [1.82, 2.24) is 10.6 Å². The molecule has 0 radical (unpaired) electrons. The van der Waals surface area contributed by atoms with E-state index in [0.29, 0.717) is 5.56 Å². The molecule has 1 atom stereocenters. The molecule has 22 heavy (non-hydrogen) atoms. The molecule has 7 heteroatoms. The number of hydrogen-bond donors (Lipinski definition) is 2. The summed E-state index contributed by atoms with van der Waals surface area (Å²) in [6, 6.07) is 9.44. The van der Waals surface area contributed by atoms with Gasteiger partial charge in [0.2, 0.25) is 5.91 Å². The van der Waals surface area contributed by atoms with Gasteiger partial charge in [0.25, 0.3) is 5.91 Å². The Labute approximate surface area is 128 Å². The minimum absolute atomic E-state index is 0.108. The normalized spacial score (nSPS) is 10.9. The molecule has 7 nitrogen and oxygen atoms in total. The molecule has 0 aliphatic rings. The first-order chi connectivity index (χ1) is 10.6. The number of nitrogens with one attached hydrogen (secondary N) is 2. The van der Waals surface area contributed by atoms with Crippen molar-refractivity contribution >= 4 is 17.8 Å². The van der Waals surface area contributed by atoms with Crippen molar-refractivity contribution < 1.29 is 19.1 Å². The summed E-state index contributed by atoms with van der Waals surface area (Å²) in [4.78, 5) is 35.0. The highest BCUT2D eigenvalue weighted by molar-refractivity contribution is 5.96. The predicted molar refractivity (Wildman–Crippen MR) is 77.6 cm³/mol. The van der Waals surface area contributed by atoms with Gasteiger partial charge < -0.3 is 15.4 Å².